The lowest BCUT2D eigenvalue weighted by molar-refractivity contribution is 0.510. The van der Waals surface area contributed by atoms with Gasteiger partial charge in [-0.2, -0.15) is 0 Å². The summed E-state index contributed by atoms with van der Waals surface area (Å²) in [4.78, 5) is 0. The normalized spacial score (nSPS) is 24.1. The van der Waals surface area contributed by atoms with Crippen LogP contribution in [0.25, 0.3) is 5.57 Å². The van der Waals surface area contributed by atoms with E-state index in [0.717, 1.165) is 5.92 Å². The van der Waals surface area contributed by atoms with Crippen LogP contribution in [-0.2, 0) is 12.8 Å². The topological polar surface area (TPSA) is 0 Å². The first-order chi connectivity index (χ1) is 7.33. The second-order valence-corrected chi connectivity index (χ2v) is 5.10. The second-order valence-electron chi connectivity index (χ2n) is 5.10. The Morgan fingerprint density at radius 1 is 1.07 bits per heavy atom. The number of aryl methyl sites for hydroxylation is 2. The van der Waals surface area contributed by atoms with Crippen molar-refractivity contribution in [1.29, 1.82) is 0 Å². The summed E-state index contributed by atoms with van der Waals surface area (Å²) in [7, 11) is 0. The lowest BCUT2D eigenvalue weighted by Crippen LogP contribution is -1.92. The van der Waals surface area contributed by atoms with Crippen LogP contribution in [0.5, 0.6) is 0 Å². The average Bonchev–Trinajstić information content (AvgIpc) is 3.06. The molecule has 0 nitrogen and oxygen atoms in total. The molecule has 0 amide bonds. The summed E-state index contributed by atoms with van der Waals surface area (Å²) in [6, 6.07) is 7.11. The number of rotatable bonds is 1. The van der Waals surface area contributed by atoms with Gasteiger partial charge in [0.2, 0.25) is 0 Å². The van der Waals surface area contributed by atoms with Crippen molar-refractivity contribution in [2.24, 2.45) is 5.92 Å². The van der Waals surface area contributed by atoms with E-state index in [1.807, 2.05) is 0 Å². The first kappa shape index (κ1) is 9.21. The first-order valence-electron chi connectivity index (χ1n) is 6.14. The van der Waals surface area contributed by atoms with Crippen LogP contribution in [0, 0.1) is 5.92 Å². The molecule has 2 aliphatic carbocycles. The molecule has 0 heteroatoms. The van der Waals surface area contributed by atoms with Gasteiger partial charge in [0.05, 0.1) is 0 Å². The van der Waals surface area contributed by atoms with E-state index in [2.05, 4.69) is 31.2 Å². The van der Waals surface area contributed by atoms with Gasteiger partial charge in [0.1, 0.15) is 0 Å². The largest absolute Gasteiger partial charge is 0.0760 e. The molecule has 0 fully saturated rings. The minimum atomic E-state index is 0.904. The highest BCUT2D eigenvalue weighted by Gasteiger charge is 2.15. The molecule has 0 N–H and O–H groups in total. The summed E-state index contributed by atoms with van der Waals surface area (Å²) in [5.41, 5.74) is 6.24. The van der Waals surface area contributed by atoms with E-state index in [4.69, 9.17) is 0 Å². The molecular weight excluding hydrogens is 180 g/mol. The van der Waals surface area contributed by atoms with Gasteiger partial charge >= 0.3 is 0 Å². The van der Waals surface area contributed by atoms with Crippen molar-refractivity contribution in [2.75, 3.05) is 0 Å². The molecule has 3 rings (SSSR count). The van der Waals surface area contributed by atoms with Crippen molar-refractivity contribution in [3.05, 3.63) is 41.0 Å². The minimum absolute atomic E-state index is 0.904. The van der Waals surface area contributed by atoms with Crippen LogP contribution in [0.4, 0.5) is 0 Å². The number of benzene rings is 1. The molecule has 78 valence electrons. The van der Waals surface area contributed by atoms with E-state index in [9.17, 15) is 0 Å². The predicted molar refractivity (Wildman–Crippen MR) is 64.8 cm³/mol. The quantitative estimate of drug-likeness (QED) is 0.598. The van der Waals surface area contributed by atoms with Gasteiger partial charge in [-0.3, -0.25) is 0 Å². The highest BCUT2D eigenvalue weighted by Crippen LogP contribution is 2.33. The van der Waals surface area contributed by atoms with Gasteiger partial charge in [0.25, 0.3) is 0 Å². The summed E-state index contributed by atoms with van der Waals surface area (Å²) in [6.07, 6.45) is 8.86. The van der Waals surface area contributed by atoms with Crippen LogP contribution in [0.2, 0.25) is 0 Å². The van der Waals surface area contributed by atoms with E-state index in [1.54, 1.807) is 16.7 Å². The second kappa shape index (κ2) is 3.52. The van der Waals surface area contributed by atoms with Crippen molar-refractivity contribution in [3.63, 3.8) is 0 Å². The standard InChI is InChI=1S/C15H18/c1-11-2-4-12-8-9-15(13-6-7-13)10-14(12)5-3-11/h6,8-11H,2-5,7H2,1H3. The van der Waals surface area contributed by atoms with Gasteiger partial charge in [-0.15, -0.1) is 0 Å². The predicted octanol–water partition coefficient (Wildman–Crippen LogP) is 3.99. The fourth-order valence-corrected chi connectivity index (χ4v) is 2.54. The minimum Gasteiger partial charge on any atom is -0.0760 e. The lowest BCUT2D eigenvalue weighted by Gasteiger charge is -2.06. The molecule has 1 unspecified atom stereocenters. The molecule has 1 aromatic carbocycles. The van der Waals surface area contributed by atoms with Gasteiger partial charge in [-0.25, -0.2) is 0 Å². The molecule has 0 aliphatic heterocycles. The van der Waals surface area contributed by atoms with Crippen molar-refractivity contribution >= 4 is 5.57 Å². The summed E-state index contributed by atoms with van der Waals surface area (Å²) in [5, 5.41) is 0. The molecule has 1 atom stereocenters. The number of hydrogen-bond donors (Lipinski definition) is 0. The third-order valence-electron chi connectivity index (χ3n) is 3.80. The van der Waals surface area contributed by atoms with Crippen molar-refractivity contribution < 1.29 is 0 Å². The van der Waals surface area contributed by atoms with Crippen LogP contribution >= 0.6 is 0 Å². The third kappa shape index (κ3) is 1.86. The number of hydrogen-bond acceptors (Lipinski definition) is 0. The highest BCUT2D eigenvalue weighted by atomic mass is 14.2. The Hall–Kier alpha value is -1.04. The molecular formula is C15H18. The van der Waals surface area contributed by atoms with E-state index < -0.39 is 0 Å². The van der Waals surface area contributed by atoms with Gasteiger partial charge in [-0.05, 0) is 60.3 Å². The average molecular weight is 198 g/mol. The zero-order valence-corrected chi connectivity index (χ0v) is 9.42. The summed E-state index contributed by atoms with van der Waals surface area (Å²) in [6.45, 7) is 2.39. The van der Waals surface area contributed by atoms with Gasteiger partial charge in [-0.1, -0.05) is 31.2 Å². The van der Waals surface area contributed by atoms with Gasteiger partial charge in [0.15, 0.2) is 0 Å². The maximum Gasteiger partial charge on any atom is -0.00884 e. The number of allylic oxidation sites excluding steroid dienone is 2. The summed E-state index contributed by atoms with van der Waals surface area (Å²) >= 11 is 0. The molecule has 0 heterocycles. The molecule has 0 saturated heterocycles. The first-order valence-corrected chi connectivity index (χ1v) is 6.14. The van der Waals surface area contributed by atoms with Crippen molar-refractivity contribution in [3.8, 4) is 0 Å². The Labute approximate surface area is 92.0 Å². The van der Waals surface area contributed by atoms with Crippen LogP contribution < -0.4 is 0 Å². The van der Waals surface area contributed by atoms with Gasteiger partial charge in [0, 0.05) is 0 Å². The van der Waals surface area contributed by atoms with Crippen LogP contribution in [0.15, 0.2) is 24.3 Å². The van der Waals surface area contributed by atoms with E-state index in [0.29, 0.717) is 0 Å². The highest BCUT2D eigenvalue weighted by molar-refractivity contribution is 5.77. The molecule has 0 radical (unpaired) electrons. The summed E-state index contributed by atoms with van der Waals surface area (Å²) < 4.78 is 0. The molecule has 0 bridgehead atoms. The van der Waals surface area contributed by atoms with E-state index in [-0.39, 0.29) is 0 Å². The van der Waals surface area contributed by atoms with Gasteiger partial charge < -0.3 is 0 Å². The Morgan fingerprint density at radius 3 is 2.53 bits per heavy atom. The fourth-order valence-electron chi connectivity index (χ4n) is 2.54. The van der Waals surface area contributed by atoms with Crippen LogP contribution in [0.1, 0.15) is 42.9 Å². The Kier molecular flexibility index (Phi) is 2.16. The smallest absolute Gasteiger partial charge is 0.00884 e. The molecule has 0 saturated carbocycles. The Morgan fingerprint density at radius 2 is 1.80 bits per heavy atom. The van der Waals surface area contributed by atoms with E-state index >= 15 is 0 Å². The zero-order chi connectivity index (χ0) is 10.3. The molecule has 1 aromatic rings. The molecule has 15 heavy (non-hydrogen) atoms. The number of fused-ring (bicyclic) bond motifs is 1. The van der Waals surface area contributed by atoms with Crippen LogP contribution in [0.3, 0.4) is 0 Å². The monoisotopic (exact) mass is 198 g/mol. The molecule has 0 aromatic heterocycles. The fraction of sp³-hybridized carbons (Fsp3) is 0.467. The van der Waals surface area contributed by atoms with Crippen molar-refractivity contribution in [1.82, 2.24) is 0 Å². The molecule has 0 spiro atoms. The Bertz CT molecular complexity index is 412. The SMILES string of the molecule is CC1CCc2ccc(C3=CC3)cc2CC1. The zero-order valence-electron chi connectivity index (χ0n) is 9.42. The maximum absolute atomic E-state index is 2.44. The summed E-state index contributed by atoms with van der Waals surface area (Å²) in [5.74, 6) is 0.904. The Balaban J connectivity index is 1.93. The van der Waals surface area contributed by atoms with Crippen molar-refractivity contribution in [2.45, 2.75) is 39.0 Å². The third-order valence-corrected chi connectivity index (χ3v) is 3.80. The molecule has 2 aliphatic rings. The van der Waals surface area contributed by atoms with E-state index in [1.165, 1.54) is 37.7 Å². The van der Waals surface area contributed by atoms with Crippen LogP contribution in [-0.4, -0.2) is 0 Å². The lowest BCUT2D eigenvalue weighted by atomic mass is 9.99. The maximum atomic E-state index is 2.44.